The highest BCUT2D eigenvalue weighted by molar-refractivity contribution is 14.0. The van der Waals surface area contributed by atoms with Crippen LogP contribution in [0.4, 0.5) is 0 Å². The van der Waals surface area contributed by atoms with Crippen molar-refractivity contribution < 1.29 is 14.2 Å². The number of methoxy groups -OCH3 is 1. The number of fused-ring (bicyclic) bond motifs is 1. The lowest BCUT2D eigenvalue weighted by Crippen LogP contribution is -2.39. The van der Waals surface area contributed by atoms with Crippen molar-refractivity contribution in [1.82, 2.24) is 15.2 Å². The summed E-state index contributed by atoms with van der Waals surface area (Å²) in [6.07, 6.45) is 2.31. The van der Waals surface area contributed by atoms with E-state index in [0.717, 1.165) is 54.1 Å². The van der Waals surface area contributed by atoms with Crippen molar-refractivity contribution in [2.24, 2.45) is 4.99 Å². The van der Waals surface area contributed by atoms with E-state index in [9.17, 15) is 0 Å². The minimum absolute atomic E-state index is 0. The first-order valence-corrected chi connectivity index (χ1v) is 11.3. The van der Waals surface area contributed by atoms with E-state index in [0.29, 0.717) is 13.3 Å². The van der Waals surface area contributed by atoms with Crippen molar-refractivity contribution in [2.75, 3.05) is 34.0 Å². The minimum Gasteiger partial charge on any atom is -0.454 e. The van der Waals surface area contributed by atoms with E-state index in [1.54, 1.807) is 18.4 Å². The molecule has 9 heteroatoms. The Kier molecular flexibility index (Phi) is 8.03. The molecule has 4 rings (SSSR count). The molecule has 7 nitrogen and oxygen atoms in total. The molecule has 1 fully saturated rings. The molecule has 0 bridgehead atoms. The Balaban J connectivity index is 0.00000272. The maximum Gasteiger partial charge on any atom is 0.231 e. The first-order valence-electron chi connectivity index (χ1n) is 10.4. The molecule has 0 amide bonds. The van der Waals surface area contributed by atoms with Gasteiger partial charge in [0.2, 0.25) is 6.79 Å². The van der Waals surface area contributed by atoms with Crippen molar-refractivity contribution in [3.63, 3.8) is 0 Å². The largest absolute Gasteiger partial charge is 0.454 e. The zero-order chi connectivity index (χ0) is 21.1. The molecule has 170 valence electrons. The molecule has 0 saturated heterocycles. The SMILES string of the molecule is CCNC(=NCC1(c2ccc3c(c2)OCO3)CC1)N(C)Cc1csc(C(C)OC)n1.I. The highest BCUT2D eigenvalue weighted by Crippen LogP contribution is 2.50. The second-order valence-electron chi connectivity index (χ2n) is 7.93. The molecule has 2 heterocycles. The van der Waals surface area contributed by atoms with Crippen LogP contribution in [-0.2, 0) is 16.7 Å². The summed E-state index contributed by atoms with van der Waals surface area (Å²) in [6.45, 7) is 6.69. The topological polar surface area (TPSA) is 68.2 Å². The highest BCUT2D eigenvalue weighted by atomic mass is 127. The summed E-state index contributed by atoms with van der Waals surface area (Å²) in [6, 6.07) is 6.29. The quantitative estimate of drug-likeness (QED) is 0.296. The van der Waals surface area contributed by atoms with Crippen LogP contribution in [0.15, 0.2) is 28.6 Å². The zero-order valence-electron chi connectivity index (χ0n) is 18.5. The Bertz CT molecular complexity index is 916. The van der Waals surface area contributed by atoms with Crippen molar-refractivity contribution in [3.8, 4) is 11.5 Å². The second kappa shape index (κ2) is 10.4. The number of nitrogens with zero attached hydrogens (tertiary/aromatic N) is 3. The maximum absolute atomic E-state index is 5.56. The lowest BCUT2D eigenvalue weighted by atomic mass is 9.96. The van der Waals surface area contributed by atoms with Gasteiger partial charge in [0.15, 0.2) is 17.5 Å². The molecular weight excluding hydrogens is 527 g/mol. The molecule has 1 atom stereocenters. The first-order chi connectivity index (χ1) is 14.5. The molecule has 1 unspecified atom stereocenters. The average molecular weight is 558 g/mol. The summed E-state index contributed by atoms with van der Waals surface area (Å²) in [4.78, 5) is 11.8. The van der Waals surface area contributed by atoms with Gasteiger partial charge in [-0.25, -0.2) is 4.98 Å². The minimum atomic E-state index is 0. The van der Waals surface area contributed by atoms with Gasteiger partial charge in [0.25, 0.3) is 0 Å². The molecule has 1 aromatic heterocycles. The van der Waals surface area contributed by atoms with E-state index in [2.05, 4.69) is 41.7 Å². The van der Waals surface area contributed by atoms with Crippen LogP contribution < -0.4 is 14.8 Å². The maximum atomic E-state index is 5.56. The summed E-state index contributed by atoms with van der Waals surface area (Å²) < 4.78 is 16.4. The number of aliphatic imine (C=N–C) groups is 1. The van der Waals surface area contributed by atoms with Gasteiger partial charge in [-0.05, 0) is 44.4 Å². The molecule has 1 aliphatic carbocycles. The Morgan fingerprint density at radius 3 is 2.84 bits per heavy atom. The fraction of sp³-hybridized carbons (Fsp3) is 0.545. The Morgan fingerprint density at radius 1 is 1.35 bits per heavy atom. The Morgan fingerprint density at radius 2 is 2.13 bits per heavy atom. The number of halogens is 1. The van der Waals surface area contributed by atoms with Crippen LogP contribution in [-0.4, -0.2) is 49.9 Å². The third kappa shape index (κ3) is 5.43. The standard InChI is InChI=1S/C22H30N4O3S.HI/c1-5-23-21(26(3)11-17-12-30-20(25-17)15(2)27-4)24-13-22(8-9-22)16-6-7-18-19(10-16)29-14-28-18;/h6-7,10,12,15H,5,8-9,11,13-14H2,1-4H3,(H,23,24);1H. The predicted octanol–water partition coefficient (Wildman–Crippen LogP) is 4.33. The van der Waals surface area contributed by atoms with Gasteiger partial charge in [-0.15, -0.1) is 35.3 Å². The van der Waals surface area contributed by atoms with E-state index in [1.807, 2.05) is 13.0 Å². The lowest BCUT2D eigenvalue weighted by Gasteiger charge is -2.22. The first kappa shape index (κ1) is 24.1. The Labute approximate surface area is 205 Å². The number of rotatable bonds is 8. The van der Waals surface area contributed by atoms with Crippen LogP contribution in [0.25, 0.3) is 0 Å². The summed E-state index contributed by atoms with van der Waals surface area (Å²) in [5, 5.41) is 6.52. The van der Waals surface area contributed by atoms with Gasteiger partial charge in [0.1, 0.15) is 11.1 Å². The van der Waals surface area contributed by atoms with E-state index >= 15 is 0 Å². The van der Waals surface area contributed by atoms with Gasteiger partial charge in [-0.1, -0.05) is 6.07 Å². The number of hydrogen-bond acceptors (Lipinski definition) is 6. The number of thiazole rings is 1. The number of benzene rings is 1. The van der Waals surface area contributed by atoms with E-state index in [4.69, 9.17) is 24.2 Å². The molecule has 1 aromatic carbocycles. The smallest absolute Gasteiger partial charge is 0.231 e. The van der Waals surface area contributed by atoms with Crippen LogP contribution in [0.1, 0.15) is 49.1 Å². The third-order valence-electron chi connectivity index (χ3n) is 5.74. The molecule has 31 heavy (non-hydrogen) atoms. The molecule has 2 aromatic rings. The van der Waals surface area contributed by atoms with E-state index in [-0.39, 0.29) is 35.5 Å². The summed E-state index contributed by atoms with van der Waals surface area (Å²) in [5.41, 5.74) is 2.42. The second-order valence-corrected chi connectivity index (χ2v) is 8.82. The lowest BCUT2D eigenvalue weighted by molar-refractivity contribution is 0.119. The van der Waals surface area contributed by atoms with Crippen molar-refractivity contribution in [2.45, 2.75) is 44.8 Å². The van der Waals surface area contributed by atoms with Gasteiger partial charge in [-0.2, -0.15) is 0 Å². The van der Waals surface area contributed by atoms with Crippen LogP contribution in [0.3, 0.4) is 0 Å². The molecule has 1 saturated carbocycles. The number of nitrogens with one attached hydrogen (secondary N) is 1. The molecule has 1 N–H and O–H groups in total. The molecule has 0 spiro atoms. The third-order valence-corrected chi connectivity index (χ3v) is 6.79. The number of hydrogen-bond donors (Lipinski definition) is 1. The van der Waals surface area contributed by atoms with E-state index in [1.165, 1.54) is 5.56 Å². The van der Waals surface area contributed by atoms with Crippen LogP contribution >= 0.6 is 35.3 Å². The number of ether oxygens (including phenoxy) is 3. The molecule has 0 radical (unpaired) electrons. The Hall–Kier alpha value is -1.59. The molecule has 1 aliphatic heterocycles. The summed E-state index contributed by atoms with van der Waals surface area (Å²) in [5.74, 6) is 2.58. The van der Waals surface area contributed by atoms with Crippen LogP contribution in [0.5, 0.6) is 11.5 Å². The predicted molar refractivity (Wildman–Crippen MR) is 134 cm³/mol. The van der Waals surface area contributed by atoms with E-state index < -0.39 is 0 Å². The van der Waals surface area contributed by atoms with Crippen molar-refractivity contribution in [1.29, 1.82) is 0 Å². The monoisotopic (exact) mass is 558 g/mol. The fourth-order valence-corrected chi connectivity index (χ4v) is 4.45. The van der Waals surface area contributed by atoms with Gasteiger partial charge in [-0.3, -0.25) is 4.99 Å². The van der Waals surface area contributed by atoms with Gasteiger partial charge < -0.3 is 24.4 Å². The van der Waals surface area contributed by atoms with Crippen LogP contribution in [0.2, 0.25) is 0 Å². The highest BCUT2D eigenvalue weighted by Gasteiger charge is 2.45. The van der Waals surface area contributed by atoms with Crippen LogP contribution in [0, 0.1) is 0 Å². The van der Waals surface area contributed by atoms with Gasteiger partial charge >= 0.3 is 0 Å². The molecular formula is C22H31IN4O3S. The average Bonchev–Trinajstić information content (AvgIpc) is 3.16. The summed E-state index contributed by atoms with van der Waals surface area (Å²) in [7, 11) is 3.77. The summed E-state index contributed by atoms with van der Waals surface area (Å²) >= 11 is 1.64. The number of aromatic nitrogens is 1. The number of guanidine groups is 1. The zero-order valence-corrected chi connectivity index (χ0v) is 21.7. The fourth-order valence-electron chi connectivity index (χ4n) is 3.61. The van der Waals surface area contributed by atoms with Crippen molar-refractivity contribution in [3.05, 3.63) is 39.8 Å². The van der Waals surface area contributed by atoms with Gasteiger partial charge in [0, 0.05) is 31.5 Å². The van der Waals surface area contributed by atoms with Crippen molar-refractivity contribution >= 4 is 41.3 Å². The normalized spacial score (nSPS) is 17.1. The van der Waals surface area contributed by atoms with Gasteiger partial charge in [0.05, 0.1) is 18.8 Å². The molecule has 2 aliphatic rings.